The number of hydrogen-bond acceptors (Lipinski definition) is 2. The predicted octanol–water partition coefficient (Wildman–Crippen LogP) is 1.76. The molecule has 3 heteroatoms. The molecular weight excluding hydrogens is 162 g/mol. The summed E-state index contributed by atoms with van der Waals surface area (Å²) in [7, 11) is 0. The van der Waals surface area contributed by atoms with E-state index in [0.29, 0.717) is 0 Å². The number of rotatable bonds is 1. The van der Waals surface area contributed by atoms with Crippen molar-refractivity contribution in [3.8, 4) is 5.69 Å². The van der Waals surface area contributed by atoms with Gasteiger partial charge in [0.1, 0.15) is 5.82 Å². The second-order valence-corrected chi connectivity index (χ2v) is 2.90. The second kappa shape index (κ2) is 2.94. The first-order valence-electron chi connectivity index (χ1n) is 4.14. The summed E-state index contributed by atoms with van der Waals surface area (Å²) in [6.45, 7) is 1.95. The topological polar surface area (TPSA) is 43.8 Å². The zero-order valence-corrected chi connectivity index (χ0v) is 7.44. The first-order valence-corrected chi connectivity index (χ1v) is 4.14. The van der Waals surface area contributed by atoms with E-state index in [4.69, 9.17) is 5.73 Å². The molecule has 1 aromatic carbocycles. The largest absolute Gasteiger partial charge is 0.397 e. The maximum absolute atomic E-state index is 5.83. The molecule has 0 unspecified atom stereocenters. The van der Waals surface area contributed by atoms with Crippen LogP contribution in [-0.2, 0) is 0 Å². The molecule has 3 nitrogen and oxygen atoms in total. The molecule has 1 aromatic heterocycles. The number of aromatic nitrogens is 2. The Balaban J connectivity index is 2.59. The summed E-state index contributed by atoms with van der Waals surface area (Å²) >= 11 is 0. The summed E-state index contributed by atoms with van der Waals surface area (Å²) in [4.78, 5) is 4.14. The van der Waals surface area contributed by atoms with Crippen molar-refractivity contribution in [2.75, 3.05) is 5.73 Å². The van der Waals surface area contributed by atoms with Crippen LogP contribution in [0.3, 0.4) is 0 Å². The highest BCUT2D eigenvalue weighted by Gasteiger charge is 2.02. The van der Waals surface area contributed by atoms with Crippen molar-refractivity contribution in [2.24, 2.45) is 0 Å². The standard InChI is InChI=1S/C10H11N3/c1-8-12-6-7-13(8)10-5-3-2-4-9(10)11/h2-7H,11H2,1H3. The zero-order valence-electron chi connectivity index (χ0n) is 7.44. The summed E-state index contributed by atoms with van der Waals surface area (Å²) in [6.07, 6.45) is 3.67. The van der Waals surface area contributed by atoms with Crippen LogP contribution < -0.4 is 5.73 Å². The summed E-state index contributed by atoms with van der Waals surface area (Å²) in [5.74, 6) is 0.943. The molecule has 0 spiro atoms. The normalized spacial score (nSPS) is 10.2. The van der Waals surface area contributed by atoms with Crippen molar-refractivity contribution in [3.05, 3.63) is 42.5 Å². The van der Waals surface area contributed by atoms with Gasteiger partial charge in [-0.25, -0.2) is 4.98 Å². The van der Waals surface area contributed by atoms with Gasteiger partial charge >= 0.3 is 0 Å². The maximum Gasteiger partial charge on any atom is 0.110 e. The third kappa shape index (κ3) is 1.28. The Bertz CT molecular complexity index is 418. The highest BCUT2D eigenvalue weighted by Crippen LogP contribution is 2.17. The Morgan fingerprint density at radius 1 is 1.31 bits per heavy atom. The minimum Gasteiger partial charge on any atom is -0.397 e. The van der Waals surface area contributed by atoms with Gasteiger partial charge in [-0.3, -0.25) is 0 Å². The lowest BCUT2D eigenvalue weighted by Gasteiger charge is -2.07. The third-order valence-corrected chi connectivity index (χ3v) is 2.02. The van der Waals surface area contributed by atoms with Crippen molar-refractivity contribution in [1.29, 1.82) is 0 Å². The van der Waals surface area contributed by atoms with E-state index in [1.54, 1.807) is 6.20 Å². The number of para-hydroxylation sites is 2. The summed E-state index contributed by atoms with van der Waals surface area (Å²) in [5.41, 5.74) is 7.58. The Kier molecular flexibility index (Phi) is 1.77. The van der Waals surface area contributed by atoms with Gasteiger partial charge in [-0.2, -0.15) is 0 Å². The van der Waals surface area contributed by atoms with Crippen LogP contribution in [0.2, 0.25) is 0 Å². The van der Waals surface area contributed by atoms with E-state index in [9.17, 15) is 0 Å². The van der Waals surface area contributed by atoms with Crippen LogP contribution in [0.25, 0.3) is 5.69 Å². The van der Waals surface area contributed by atoms with Gasteiger partial charge in [-0.1, -0.05) is 12.1 Å². The molecule has 0 amide bonds. The van der Waals surface area contributed by atoms with Gasteiger partial charge < -0.3 is 10.3 Å². The predicted molar refractivity (Wildman–Crippen MR) is 52.7 cm³/mol. The molecule has 0 saturated heterocycles. The Morgan fingerprint density at radius 2 is 2.08 bits per heavy atom. The SMILES string of the molecule is Cc1nccn1-c1ccccc1N. The van der Waals surface area contributed by atoms with Crippen molar-refractivity contribution < 1.29 is 0 Å². The number of hydrogen-bond donors (Lipinski definition) is 1. The lowest BCUT2D eigenvalue weighted by atomic mass is 10.2. The van der Waals surface area contributed by atoms with Gasteiger partial charge in [-0.15, -0.1) is 0 Å². The molecule has 0 atom stereocenters. The number of nitrogens with two attached hydrogens (primary N) is 1. The summed E-state index contributed by atoms with van der Waals surface area (Å²) in [6, 6.07) is 7.75. The number of imidazole rings is 1. The average Bonchev–Trinajstić information content (AvgIpc) is 2.52. The Hall–Kier alpha value is -1.77. The van der Waals surface area contributed by atoms with Crippen LogP contribution in [0.5, 0.6) is 0 Å². The number of anilines is 1. The molecule has 0 saturated carbocycles. The minimum atomic E-state index is 0.767. The van der Waals surface area contributed by atoms with Gasteiger partial charge in [0.05, 0.1) is 11.4 Å². The van der Waals surface area contributed by atoms with Gasteiger partial charge in [0.15, 0.2) is 0 Å². The molecule has 1 heterocycles. The van der Waals surface area contributed by atoms with E-state index in [1.807, 2.05) is 42.0 Å². The fourth-order valence-electron chi connectivity index (χ4n) is 1.34. The first kappa shape index (κ1) is 7.86. The first-order chi connectivity index (χ1) is 6.29. The van der Waals surface area contributed by atoms with Crippen LogP contribution in [0.1, 0.15) is 5.82 Å². The highest BCUT2D eigenvalue weighted by atomic mass is 15.1. The number of nitrogen functional groups attached to an aromatic ring is 1. The van der Waals surface area contributed by atoms with E-state index in [2.05, 4.69) is 4.98 Å². The lowest BCUT2D eigenvalue weighted by Crippen LogP contribution is -1.99. The smallest absolute Gasteiger partial charge is 0.110 e. The van der Waals surface area contributed by atoms with E-state index in [1.165, 1.54) is 0 Å². The molecule has 2 N–H and O–H groups in total. The van der Waals surface area contributed by atoms with Crippen molar-refractivity contribution >= 4 is 5.69 Å². The van der Waals surface area contributed by atoms with Crippen LogP contribution in [0, 0.1) is 6.92 Å². The Morgan fingerprint density at radius 3 is 2.69 bits per heavy atom. The minimum absolute atomic E-state index is 0.767. The van der Waals surface area contributed by atoms with E-state index >= 15 is 0 Å². The summed E-state index contributed by atoms with van der Waals surface area (Å²) < 4.78 is 1.97. The van der Waals surface area contributed by atoms with Crippen LogP contribution in [0.4, 0.5) is 5.69 Å². The molecule has 0 fully saturated rings. The fourth-order valence-corrected chi connectivity index (χ4v) is 1.34. The maximum atomic E-state index is 5.83. The molecule has 0 aliphatic rings. The van der Waals surface area contributed by atoms with E-state index in [-0.39, 0.29) is 0 Å². The molecule has 0 bridgehead atoms. The van der Waals surface area contributed by atoms with Crippen molar-refractivity contribution in [2.45, 2.75) is 6.92 Å². The molecule has 0 radical (unpaired) electrons. The quantitative estimate of drug-likeness (QED) is 0.668. The monoisotopic (exact) mass is 173 g/mol. The molecule has 66 valence electrons. The zero-order chi connectivity index (χ0) is 9.26. The van der Waals surface area contributed by atoms with Crippen LogP contribution in [-0.4, -0.2) is 9.55 Å². The second-order valence-electron chi connectivity index (χ2n) is 2.90. The van der Waals surface area contributed by atoms with Crippen molar-refractivity contribution in [3.63, 3.8) is 0 Å². The van der Waals surface area contributed by atoms with E-state index < -0.39 is 0 Å². The number of aryl methyl sites for hydroxylation is 1. The van der Waals surface area contributed by atoms with Gasteiger partial charge in [-0.05, 0) is 19.1 Å². The number of nitrogens with zero attached hydrogens (tertiary/aromatic N) is 2. The van der Waals surface area contributed by atoms with Crippen molar-refractivity contribution in [1.82, 2.24) is 9.55 Å². The molecule has 2 aromatic rings. The Labute approximate surface area is 76.8 Å². The van der Waals surface area contributed by atoms with E-state index in [0.717, 1.165) is 17.2 Å². The molecule has 0 aliphatic heterocycles. The summed E-state index contributed by atoms with van der Waals surface area (Å²) in [5, 5.41) is 0. The van der Waals surface area contributed by atoms with Crippen LogP contribution in [0.15, 0.2) is 36.7 Å². The molecule has 2 rings (SSSR count). The van der Waals surface area contributed by atoms with Gasteiger partial charge in [0, 0.05) is 12.4 Å². The van der Waals surface area contributed by atoms with Gasteiger partial charge in [0.25, 0.3) is 0 Å². The van der Waals surface area contributed by atoms with Gasteiger partial charge in [0.2, 0.25) is 0 Å². The highest BCUT2D eigenvalue weighted by molar-refractivity contribution is 5.57. The third-order valence-electron chi connectivity index (χ3n) is 2.02. The molecular formula is C10H11N3. The number of benzene rings is 1. The van der Waals surface area contributed by atoms with Crippen LogP contribution >= 0.6 is 0 Å². The average molecular weight is 173 g/mol. The molecule has 0 aliphatic carbocycles. The fraction of sp³-hybridized carbons (Fsp3) is 0.100. The lowest BCUT2D eigenvalue weighted by molar-refractivity contribution is 0.977. The molecule has 13 heavy (non-hydrogen) atoms.